The van der Waals surface area contributed by atoms with E-state index in [9.17, 15) is 27.4 Å². The molecule has 8 nitrogen and oxygen atoms in total. The third-order valence-corrected chi connectivity index (χ3v) is 5.94. The highest BCUT2D eigenvalue weighted by Gasteiger charge is 2.36. The maximum atomic E-state index is 13.2. The van der Waals surface area contributed by atoms with Crippen molar-refractivity contribution in [2.45, 2.75) is 11.8 Å². The molecule has 156 valence electrons. The van der Waals surface area contributed by atoms with Crippen LogP contribution in [0.3, 0.4) is 0 Å². The summed E-state index contributed by atoms with van der Waals surface area (Å²) in [5, 5.41) is 2.90. The van der Waals surface area contributed by atoms with Gasteiger partial charge in [0.1, 0.15) is 4.90 Å². The van der Waals surface area contributed by atoms with E-state index in [0.717, 1.165) is 6.07 Å². The van der Waals surface area contributed by atoms with Crippen molar-refractivity contribution in [1.29, 1.82) is 0 Å². The van der Waals surface area contributed by atoms with E-state index in [-0.39, 0.29) is 33.7 Å². The molecule has 0 aliphatic heterocycles. The molecular formula is C22H16N2O6S. The standard InChI is InChI=1S/C22H16N2O6S/c1-11(25)12-6-8-13(9-7-12)24-16-10-17(31(28,29)30)20(23)19-18(16)21(26)14-4-2-3-5-15(14)22(19)27/h2-10,24H,23H2,1H3,(H,28,29,30). The molecule has 0 spiro atoms. The van der Waals surface area contributed by atoms with Crippen LogP contribution in [0.25, 0.3) is 0 Å². The predicted octanol–water partition coefficient (Wildman–Crippen LogP) is 3.24. The Morgan fingerprint density at radius 2 is 1.48 bits per heavy atom. The Labute approximate surface area is 177 Å². The molecule has 0 saturated carbocycles. The van der Waals surface area contributed by atoms with Crippen LogP contribution in [0.1, 0.15) is 49.1 Å². The molecule has 0 amide bonds. The summed E-state index contributed by atoms with van der Waals surface area (Å²) in [5.74, 6) is -1.27. The van der Waals surface area contributed by atoms with Crippen LogP contribution < -0.4 is 11.1 Å². The Balaban J connectivity index is 1.96. The zero-order valence-corrected chi connectivity index (χ0v) is 17.0. The lowest BCUT2D eigenvalue weighted by Gasteiger charge is -2.23. The third-order valence-electron chi connectivity index (χ3n) is 5.05. The molecule has 0 radical (unpaired) electrons. The molecule has 4 rings (SSSR count). The number of carbonyl (C=O) groups is 3. The van der Waals surface area contributed by atoms with E-state index in [4.69, 9.17) is 5.73 Å². The fraction of sp³-hybridized carbons (Fsp3) is 0.0455. The van der Waals surface area contributed by atoms with Gasteiger partial charge in [0, 0.05) is 22.4 Å². The Bertz CT molecular complexity index is 1390. The summed E-state index contributed by atoms with van der Waals surface area (Å²) in [6, 6.07) is 13.4. The highest BCUT2D eigenvalue weighted by Crippen LogP contribution is 2.40. The second-order valence-electron chi connectivity index (χ2n) is 7.02. The average Bonchev–Trinajstić information content (AvgIpc) is 2.72. The SMILES string of the molecule is CC(=O)c1ccc(Nc2cc(S(=O)(=O)O)c(N)c3c2C(=O)c2ccccc2C3=O)cc1. The van der Waals surface area contributed by atoms with Gasteiger partial charge in [0.2, 0.25) is 0 Å². The van der Waals surface area contributed by atoms with Gasteiger partial charge in [0.15, 0.2) is 17.3 Å². The minimum Gasteiger partial charge on any atom is -0.397 e. The molecular weight excluding hydrogens is 420 g/mol. The lowest BCUT2D eigenvalue weighted by molar-refractivity contribution is 0.0980. The second kappa shape index (κ2) is 7.15. The molecule has 0 saturated heterocycles. The summed E-state index contributed by atoms with van der Waals surface area (Å²) in [6.45, 7) is 1.42. The highest BCUT2D eigenvalue weighted by atomic mass is 32.2. The van der Waals surface area contributed by atoms with Gasteiger partial charge in [-0.15, -0.1) is 0 Å². The first-order valence-corrected chi connectivity index (χ1v) is 10.5. The van der Waals surface area contributed by atoms with E-state index in [0.29, 0.717) is 11.3 Å². The number of anilines is 3. The zero-order valence-electron chi connectivity index (χ0n) is 16.2. The quantitative estimate of drug-likeness (QED) is 0.251. The summed E-state index contributed by atoms with van der Waals surface area (Å²) in [5.41, 5.74) is 6.19. The van der Waals surface area contributed by atoms with Crippen LogP contribution in [0.2, 0.25) is 0 Å². The van der Waals surface area contributed by atoms with Crippen molar-refractivity contribution in [3.63, 3.8) is 0 Å². The third kappa shape index (κ3) is 3.39. The van der Waals surface area contributed by atoms with Gasteiger partial charge in [-0.2, -0.15) is 8.42 Å². The Morgan fingerprint density at radius 3 is 2.00 bits per heavy atom. The van der Waals surface area contributed by atoms with E-state index in [1.54, 1.807) is 36.4 Å². The van der Waals surface area contributed by atoms with Crippen LogP contribution in [-0.4, -0.2) is 30.3 Å². The van der Waals surface area contributed by atoms with Gasteiger partial charge >= 0.3 is 0 Å². The molecule has 1 aliphatic rings. The number of nitrogens with one attached hydrogen (secondary N) is 1. The number of benzene rings is 3. The Hall–Kier alpha value is -3.82. The molecule has 31 heavy (non-hydrogen) atoms. The first kappa shape index (κ1) is 20.5. The highest BCUT2D eigenvalue weighted by molar-refractivity contribution is 7.86. The van der Waals surface area contributed by atoms with Gasteiger partial charge in [-0.05, 0) is 37.3 Å². The lowest BCUT2D eigenvalue weighted by atomic mass is 9.82. The molecule has 3 aromatic carbocycles. The first-order chi connectivity index (χ1) is 14.6. The van der Waals surface area contributed by atoms with Crippen molar-refractivity contribution >= 4 is 44.5 Å². The Kier molecular flexibility index (Phi) is 4.72. The van der Waals surface area contributed by atoms with Crippen LogP contribution in [0.15, 0.2) is 59.5 Å². The number of nitrogens with two attached hydrogens (primary N) is 1. The molecule has 0 unspecified atom stereocenters. The Morgan fingerprint density at radius 1 is 0.935 bits per heavy atom. The maximum absolute atomic E-state index is 13.2. The second-order valence-corrected chi connectivity index (χ2v) is 8.41. The van der Waals surface area contributed by atoms with Crippen LogP contribution >= 0.6 is 0 Å². The molecule has 0 atom stereocenters. The van der Waals surface area contributed by atoms with Gasteiger partial charge in [0.05, 0.1) is 22.5 Å². The minimum absolute atomic E-state index is 0.0137. The van der Waals surface area contributed by atoms with Crippen molar-refractivity contribution in [3.05, 3.63) is 82.4 Å². The molecule has 0 fully saturated rings. The van der Waals surface area contributed by atoms with E-state index >= 15 is 0 Å². The molecule has 0 bridgehead atoms. The van der Waals surface area contributed by atoms with Crippen molar-refractivity contribution in [2.24, 2.45) is 0 Å². The monoisotopic (exact) mass is 436 g/mol. The number of fused-ring (bicyclic) bond motifs is 2. The number of carbonyl (C=O) groups excluding carboxylic acids is 3. The van der Waals surface area contributed by atoms with Gasteiger partial charge in [-0.25, -0.2) is 0 Å². The first-order valence-electron chi connectivity index (χ1n) is 9.10. The fourth-order valence-corrected chi connectivity index (χ4v) is 4.20. The van der Waals surface area contributed by atoms with Gasteiger partial charge in [-0.3, -0.25) is 18.9 Å². The largest absolute Gasteiger partial charge is 0.397 e. The zero-order chi connectivity index (χ0) is 22.5. The van der Waals surface area contributed by atoms with Crippen molar-refractivity contribution in [1.82, 2.24) is 0 Å². The molecule has 1 aliphatic carbocycles. The number of Topliss-reactive ketones (excluding diaryl/α,β-unsaturated/α-hetero) is 1. The van der Waals surface area contributed by atoms with Crippen molar-refractivity contribution in [2.75, 3.05) is 11.1 Å². The van der Waals surface area contributed by atoms with E-state index in [1.807, 2.05) is 0 Å². The summed E-state index contributed by atoms with van der Waals surface area (Å²) in [7, 11) is -4.79. The number of ketones is 3. The summed E-state index contributed by atoms with van der Waals surface area (Å²) >= 11 is 0. The molecule has 3 aromatic rings. The van der Waals surface area contributed by atoms with E-state index < -0.39 is 32.3 Å². The topological polar surface area (TPSA) is 144 Å². The fourth-order valence-electron chi connectivity index (χ4n) is 3.55. The van der Waals surface area contributed by atoms with Crippen LogP contribution in [0.5, 0.6) is 0 Å². The van der Waals surface area contributed by atoms with E-state index in [2.05, 4.69) is 5.32 Å². The maximum Gasteiger partial charge on any atom is 0.296 e. The minimum atomic E-state index is -4.79. The van der Waals surface area contributed by atoms with Crippen LogP contribution in [0.4, 0.5) is 17.1 Å². The molecule has 0 heterocycles. The number of rotatable bonds is 4. The molecule has 0 aromatic heterocycles. The predicted molar refractivity (Wildman–Crippen MR) is 114 cm³/mol. The summed E-state index contributed by atoms with van der Waals surface area (Å²) < 4.78 is 33.5. The van der Waals surface area contributed by atoms with Crippen molar-refractivity contribution < 1.29 is 27.4 Å². The van der Waals surface area contributed by atoms with Crippen LogP contribution in [0, 0.1) is 0 Å². The van der Waals surface area contributed by atoms with Crippen molar-refractivity contribution in [3.8, 4) is 0 Å². The number of nitrogen functional groups attached to an aromatic ring is 1. The number of hydrogen-bond donors (Lipinski definition) is 3. The lowest BCUT2D eigenvalue weighted by Crippen LogP contribution is -2.25. The van der Waals surface area contributed by atoms with E-state index in [1.165, 1.54) is 19.1 Å². The summed E-state index contributed by atoms with van der Waals surface area (Å²) in [6.07, 6.45) is 0. The average molecular weight is 436 g/mol. The van der Waals surface area contributed by atoms with Gasteiger partial charge < -0.3 is 11.1 Å². The number of hydrogen-bond acceptors (Lipinski definition) is 7. The molecule has 4 N–H and O–H groups in total. The summed E-state index contributed by atoms with van der Waals surface area (Å²) in [4.78, 5) is 37.1. The van der Waals surface area contributed by atoms with Gasteiger partial charge in [0.25, 0.3) is 10.1 Å². The normalized spacial score (nSPS) is 12.8. The van der Waals surface area contributed by atoms with Crippen LogP contribution in [-0.2, 0) is 10.1 Å². The van der Waals surface area contributed by atoms with Gasteiger partial charge in [-0.1, -0.05) is 24.3 Å². The smallest absolute Gasteiger partial charge is 0.296 e. The molecule has 9 heteroatoms.